The summed E-state index contributed by atoms with van der Waals surface area (Å²) >= 11 is 0. The van der Waals surface area contributed by atoms with Crippen molar-refractivity contribution in [2.45, 2.75) is 31.4 Å². The van der Waals surface area contributed by atoms with E-state index in [2.05, 4.69) is 4.98 Å². The second kappa shape index (κ2) is 6.42. The quantitative estimate of drug-likeness (QED) is 0.615. The predicted octanol–water partition coefficient (Wildman–Crippen LogP) is -2.03. The Morgan fingerprint density at radius 2 is 2.45 bits per heavy atom. The molecule has 1 aromatic rings. The minimum atomic E-state index is -0.681. The van der Waals surface area contributed by atoms with E-state index < -0.39 is 18.2 Å². The van der Waals surface area contributed by atoms with Crippen molar-refractivity contribution >= 4 is 11.8 Å². The van der Waals surface area contributed by atoms with E-state index in [9.17, 15) is 9.59 Å². The molecule has 120 valence electrons. The summed E-state index contributed by atoms with van der Waals surface area (Å²) in [4.78, 5) is 27.2. The molecule has 3 heterocycles. The number of ether oxygens (including phenoxy) is 3. The third-order valence-electron chi connectivity index (χ3n) is 3.73. The van der Waals surface area contributed by atoms with Gasteiger partial charge in [0, 0.05) is 19.0 Å². The maximum Gasteiger partial charge on any atom is 0.365 e. The smallest absolute Gasteiger partial charge is 0.365 e. The molecule has 0 amide bonds. The van der Waals surface area contributed by atoms with Crippen molar-refractivity contribution in [3.05, 3.63) is 22.7 Å². The van der Waals surface area contributed by atoms with Gasteiger partial charge in [-0.2, -0.15) is 4.98 Å². The molecular formula is C13H19N4O5+. The fourth-order valence-electron chi connectivity index (χ4n) is 2.57. The molecule has 9 nitrogen and oxygen atoms in total. The van der Waals surface area contributed by atoms with Crippen LogP contribution in [0.25, 0.3) is 0 Å². The zero-order valence-corrected chi connectivity index (χ0v) is 12.0. The number of nitrogens with zero attached hydrogens (tertiary/aromatic N) is 2. The van der Waals surface area contributed by atoms with Crippen LogP contribution in [0.2, 0.25) is 0 Å². The zero-order chi connectivity index (χ0) is 15.5. The molecule has 0 aromatic carbocycles. The molecule has 0 aliphatic carbocycles. The van der Waals surface area contributed by atoms with Crippen LogP contribution in [0.1, 0.15) is 19.1 Å². The third kappa shape index (κ3) is 3.26. The highest BCUT2D eigenvalue weighted by Crippen LogP contribution is 2.19. The summed E-state index contributed by atoms with van der Waals surface area (Å²) in [6.45, 7) is 1.14. The summed E-state index contributed by atoms with van der Waals surface area (Å²) in [5, 5.41) is 1.97. The first-order valence-electron chi connectivity index (χ1n) is 7.25. The molecule has 0 spiro atoms. The number of aromatic nitrogens is 2. The highest BCUT2D eigenvalue weighted by atomic mass is 16.7. The number of esters is 1. The van der Waals surface area contributed by atoms with E-state index in [-0.39, 0.29) is 31.0 Å². The maximum absolute atomic E-state index is 11.8. The first kappa shape index (κ1) is 14.9. The van der Waals surface area contributed by atoms with Gasteiger partial charge in [0.25, 0.3) is 0 Å². The van der Waals surface area contributed by atoms with Crippen molar-refractivity contribution in [3.63, 3.8) is 0 Å². The van der Waals surface area contributed by atoms with Crippen LogP contribution in [0.5, 0.6) is 0 Å². The van der Waals surface area contributed by atoms with E-state index in [1.54, 1.807) is 0 Å². The van der Waals surface area contributed by atoms with E-state index in [1.165, 1.54) is 16.8 Å². The SMILES string of the molecule is Nc1ccn([C@H]2CO[C@@H](COC(=O)C3CCC[NH2+]3)O2)c(=O)n1. The number of quaternary nitrogens is 1. The van der Waals surface area contributed by atoms with E-state index in [4.69, 9.17) is 19.9 Å². The number of hydrogen-bond acceptors (Lipinski definition) is 7. The van der Waals surface area contributed by atoms with Gasteiger partial charge in [0.2, 0.25) is 0 Å². The fourth-order valence-corrected chi connectivity index (χ4v) is 2.57. The van der Waals surface area contributed by atoms with Crippen LogP contribution in [0, 0.1) is 0 Å². The Kier molecular flexibility index (Phi) is 4.36. The molecule has 2 aliphatic rings. The minimum Gasteiger partial charge on any atom is -0.456 e. The summed E-state index contributed by atoms with van der Waals surface area (Å²) in [6.07, 6.45) is 2.08. The van der Waals surface area contributed by atoms with Gasteiger partial charge in [-0.05, 0) is 6.07 Å². The van der Waals surface area contributed by atoms with Crippen LogP contribution < -0.4 is 16.7 Å². The summed E-state index contributed by atoms with van der Waals surface area (Å²) in [5.74, 6) is -0.0991. The lowest BCUT2D eigenvalue weighted by atomic mass is 10.2. The van der Waals surface area contributed by atoms with Crippen LogP contribution in [0.3, 0.4) is 0 Å². The van der Waals surface area contributed by atoms with Gasteiger partial charge < -0.3 is 25.3 Å². The molecule has 2 fully saturated rings. The molecular weight excluding hydrogens is 292 g/mol. The van der Waals surface area contributed by atoms with Gasteiger partial charge >= 0.3 is 11.7 Å². The predicted molar refractivity (Wildman–Crippen MR) is 73.5 cm³/mol. The monoisotopic (exact) mass is 311 g/mol. The standard InChI is InChI=1S/C13H18N4O5/c14-9-3-5-17(13(19)16-9)10-6-20-11(22-10)7-21-12(18)8-2-1-4-15-8/h3,5,8,10-11,15H,1-2,4,6-7H2,(H2,14,16,19)/p+1/t8?,10-,11-/m1/s1. The Morgan fingerprint density at radius 1 is 1.59 bits per heavy atom. The molecule has 3 atom stereocenters. The molecule has 2 saturated heterocycles. The average Bonchev–Trinajstić information content (AvgIpc) is 3.16. The number of carbonyl (C=O) groups excluding carboxylic acids is 1. The van der Waals surface area contributed by atoms with E-state index in [1.807, 2.05) is 5.32 Å². The maximum atomic E-state index is 11.8. The lowest BCUT2D eigenvalue weighted by Gasteiger charge is -2.14. The van der Waals surface area contributed by atoms with Crippen molar-refractivity contribution in [1.29, 1.82) is 0 Å². The van der Waals surface area contributed by atoms with Crippen LogP contribution in [0.15, 0.2) is 17.1 Å². The van der Waals surface area contributed by atoms with Crippen molar-refractivity contribution < 1.29 is 24.3 Å². The normalized spacial score (nSPS) is 27.9. The average molecular weight is 311 g/mol. The highest BCUT2D eigenvalue weighted by molar-refractivity contribution is 5.74. The van der Waals surface area contributed by atoms with E-state index >= 15 is 0 Å². The van der Waals surface area contributed by atoms with Gasteiger partial charge in [0.05, 0.1) is 13.2 Å². The molecule has 0 bridgehead atoms. The largest absolute Gasteiger partial charge is 0.456 e. The fraction of sp³-hybridized carbons (Fsp3) is 0.615. The van der Waals surface area contributed by atoms with Crippen molar-refractivity contribution in [1.82, 2.24) is 9.55 Å². The number of hydrogen-bond donors (Lipinski definition) is 2. The lowest BCUT2D eigenvalue weighted by Crippen LogP contribution is -2.88. The van der Waals surface area contributed by atoms with E-state index in [0.29, 0.717) is 0 Å². The Balaban J connectivity index is 1.51. The molecule has 0 saturated carbocycles. The van der Waals surface area contributed by atoms with Crippen LogP contribution in [0.4, 0.5) is 5.82 Å². The minimum absolute atomic E-state index is 0.0107. The van der Waals surface area contributed by atoms with Gasteiger partial charge in [-0.1, -0.05) is 0 Å². The highest BCUT2D eigenvalue weighted by Gasteiger charge is 2.32. The van der Waals surface area contributed by atoms with Crippen LogP contribution in [-0.4, -0.2) is 47.6 Å². The van der Waals surface area contributed by atoms with Gasteiger partial charge in [-0.3, -0.25) is 4.57 Å². The molecule has 9 heteroatoms. The van der Waals surface area contributed by atoms with E-state index in [0.717, 1.165) is 19.4 Å². The topological polar surface area (TPSA) is 122 Å². The van der Waals surface area contributed by atoms with Gasteiger partial charge in [-0.25, -0.2) is 9.59 Å². The number of nitrogens with two attached hydrogens (primary N) is 2. The number of anilines is 1. The first-order valence-corrected chi connectivity index (χ1v) is 7.25. The van der Waals surface area contributed by atoms with Crippen molar-refractivity contribution in [2.75, 3.05) is 25.5 Å². The summed E-state index contributed by atoms with van der Waals surface area (Å²) in [6, 6.07) is 1.38. The number of carbonyl (C=O) groups is 1. The van der Waals surface area contributed by atoms with Crippen LogP contribution >= 0.6 is 0 Å². The Morgan fingerprint density at radius 3 is 3.18 bits per heavy atom. The second-order valence-corrected chi connectivity index (χ2v) is 5.30. The number of nitrogen functional groups attached to an aromatic ring is 1. The van der Waals surface area contributed by atoms with Crippen molar-refractivity contribution in [2.24, 2.45) is 0 Å². The Bertz CT molecular complexity index is 598. The summed E-state index contributed by atoms with van der Waals surface area (Å²) < 4.78 is 17.4. The third-order valence-corrected chi connectivity index (χ3v) is 3.73. The van der Waals surface area contributed by atoms with Gasteiger partial charge in [-0.15, -0.1) is 0 Å². The van der Waals surface area contributed by atoms with Crippen LogP contribution in [-0.2, 0) is 19.0 Å². The van der Waals surface area contributed by atoms with Gasteiger partial charge in [0.15, 0.2) is 18.6 Å². The molecule has 1 aromatic heterocycles. The Labute approximate surface area is 126 Å². The Hall–Kier alpha value is -1.97. The molecule has 3 rings (SSSR count). The number of rotatable bonds is 4. The molecule has 2 aliphatic heterocycles. The first-order chi connectivity index (χ1) is 10.6. The molecule has 0 radical (unpaired) electrons. The van der Waals surface area contributed by atoms with Gasteiger partial charge in [0.1, 0.15) is 12.4 Å². The summed E-state index contributed by atoms with van der Waals surface area (Å²) in [7, 11) is 0. The molecule has 1 unspecified atom stereocenters. The lowest BCUT2D eigenvalue weighted by molar-refractivity contribution is -0.659. The molecule has 22 heavy (non-hydrogen) atoms. The zero-order valence-electron chi connectivity index (χ0n) is 12.0. The summed E-state index contributed by atoms with van der Waals surface area (Å²) in [5.41, 5.74) is 4.93. The van der Waals surface area contributed by atoms with Crippen molar-refractivity contribution in [3.8, 4) is 0 Å². The second-order valence-electron chi connectivity index (χ2n) is 5.30. The molecule has 4 N–H and O–H groups in total.